The summed E-state index contributed by atoms with van der Waals surface area (Å²) in [5.74, 6) is -1.52. The fraction of sp³-hybridized carbons (Fsp3) is 0.167. The minimum Gasteiger partial charge on any atom is -0.480 e. The predicted molar refractivity (Wildman–Crippen MR) is 97.9 cm³/mol. The molecule has 2 heterocycles. The molecule has 3 N–H and O–H groups in total. The molecule has 138 valence electrons. The summed E-state index contributed by atoms with van der Waals surface area (Å²) in [5, 5.41) is 14.3. The first-order valence-corrected chi connectivity index (χ1v) is 8.03. The molecule has 0 aliphatic heterocycles. The first kappa shape index (κ1) is 18.1. The zero-order valence-electron chi connectivity index (χ0n) is 14.5. The van der Waals surface area contributed by atoms with Crippen molar-refractivity contribution >= 4 is 34.5 Å². The third-order valence-corrected chi connectivity index (χ3v) is 3.91. The van der Waals surface area contributed by atoms with Gasteiger partial charge >= 0.3 is 11.6 Å². The number of amides is 1. The van der Waals surface area contributed by atoms with E-state index >= 15 is 0 Å². The van der Waals surface area contributed by atoms with Gasteiger partial charge in [0.15, 0.2) is 0 Å². The van der Waals surface area contributed by atoms with Crippen molar-refractivity contribution < 1.29 is 19.1 Å². The Balaban J connectivity index is 1.95. The summed E-state index contributed by atoms with van der Waals surface area (Å²) in [5.41, 5.74) is 0.776. The van der Waals surface area contributed by atoms with Crippen molar-refractivity contribution in [3.05, 3.63) is 58.2 Å². The van der Waals surface area contributed by atoms with Crippen LogP contribution >= 0.6 is 0 Å². The van der Waals surface area contributed by atoms with Gasteiger partial charge in [-0.2, -0.15) is 4.98 Å². The maximum absolute atomic E-state index is 12.4. The van der Waals surface area contributed by atoms with Gasteiger partial charge in [0.1, 0.15) is 11.7 Å². The molecule has 0 spiro atoms. The van der Waals surface area contributed by atoms with E-state index in [1.807, 2.05) is 0 Å². The van der Waals surface area contributed by atoms with Crippen molar-refractivity contribution in [1.29, 1.82) is 0 Å². The number of hydrogen-bond acceptors (Lipinski definition) is 7. The normalized spacial score (nSPS) is 11.8. The van der Waals surface area contributed by atoms with Crippen molar-refractivity contribution in [2.45, 2.75) is 19.9 Å². The second kappa shape index (κ2) is 7.24. The molecule has 0 aliphatic rings. The summed E-state index contributed by atoms with van der Waals surface area (Å²) < 4.78 is 5.07. The highest BCUT2D eigenvalue weighted by Gasteiger charge is 2.17. The number of fused-ring (bicyclic) bond motifs is 1. The largest absolute Gasteiger partial charge is 0.480 e. The molecule has 1 atom stereocenters. The summed E-state index contributed by atoms with van der Waals surface area (Å²) in [6, 6.07) is 6.96. The molecule has 9 nitrogen and oxygen atoms in total. The summed E-state index contributed by atoms with van der Waals surface area (Å²) in [4.78, 5) is 43.7. The number of carboxylic acids is 1. The number of rotatable bonds is 5. The maximum atomic E-state index is 12.4. The Morgan fingerprint density at radius 3 is 2.67 bits per heavy atom. The molecule has 3 aromatic rings. The van der Waals surface area contributed by atoms with Gasteiger partial charge in [-0.1, -0.05) is 6.07 Å². The number of anilines is 2. The van der Waals surface area contributed by atoms with Gasteiger partial charge in [-0.3, -0.25) is 14.6 Å². The van der Waals surface area contributed by atoms with Crippen LogP contribution in [0.15, 0.2) is 45.7 Å². The monoisotopic (exact) mass is 368 g/mol. The van der Waals surface area contributed by atoms with E-state index in [9.17, 15) is 14.4 Å². The fourth-order valence-electron chi connectivity index (χ4n) is 2.45. The lowest BCUT2D eigenvalue weighted by Gasteiger charge is -2.12. The van der Waals surface area contributed by atoms with Crippen molar-refractivity contribution in [2.24, 2.45) is 0 Å². The van der Waals surface area contributed by atoms with Crippen molar-refractivity contribution in [3.8, 4) is 0 Å². The van der Waals surface area contributed by atoms with E-state index in [0.717, 1.165) is 0 Å². The molecular weight excluding hydrogens is 352 g/mol. The van der Waals surface area contributed by atoms with Gasteiger partial charge in [-0.15, -0.1) is 0 Å². The van der Waals surface area contributed by atoms with Crippen LogP contribution in [0.3, 0.4) is 0 Å². The molecule has 0 unspecified atom stereocenters. The standard InChI is InChI=1S/C18H16N4O5/c1-9-11(21-15(23)13-5-3-4-8-19-13)6-7-12-14(9)17(26)27-18(22-12)20-10(2)16(24)25/h3-8,10H,1-2H3,(H,20,22)(H,21,23)(H,24,25)/t10-/m0/s1. The van der Waals surface area contributed by atoms with Gasteiger partial charge in [0.2, 0.25) is 0 Å². The van der Waals surface area contributed by atoms with Gasteiger partial charge in [0.25, 0.3) is 11.9 Å². The second-order valence-electron chi connectivity index (χ2n) is 5.81. The number of aromatic nitrogens is 2. The highest BCUT2D eigenvalue weighted by Crippen LogP contribution is 2.23. The molecule has 0 radical (unpaired) electrons. The third-order valence-electron chi connectivity index (χ3n) is 3.91. The number of carbonyl (C=O) groups is 2. The number of pyridine rings is 1. The Bertz CT molecular complexity index is 1080. The first-order chi connectivity index (χ1) is 12.9. The van der Waals surface area contributed by atoms with Gasteiger partial charge in [-0.05, 0) is 43.7 Å². The second-order valence-corrected chi connectivity index (χ2v) is 5.81. The lowest BCUT2D eigenvalue weighted by molar-refractivity contribution is -0.137. The molecule has 0 saturated heterocycles. The summed E-state index contributed by atoms with van der Waals surface area (Å²) >= 11 is 0. The highest BCUT2D eigenvalue weighted by molar-refractivity contribution is 6.04. The molecule has 0 saturated carbocycles. The zero-order valence-corrected chi connectivity index (χ0v) is 14.5. The number of nitrogens with zero attached hydrogens (tertiary/aromatic N) is 2. The van der Waals surface area contributed by atoms with Crippen LogP contribution in [0.4, 0.5) is 11.7 Å². The molecule has 0 fully saturated rings. The predicted octanol–water partition coefficient (Wildman–Crippen LogP) is 2.03. The third kappa shape index (κ3) is 3.76. The Hall–Kier alpha value is -3.75. The van der Waals surface area contributed by atoms with Crippen molar-refractivity contribution in [2.75, 3.05) is 10.6 Å². The average Bonchev–Trinajstić information content (AvgIpc) is 2.64. The lowest BCUT2D eigenvalue weighted by Crippen LogP contribution is -2.26. The first-order valence-electron chi connectivity index (χ1n) is 8.03. The highest BCUT2D eigenvalue weighted by atomic mass is 16.4. The van der Waals surface area contributed by atoms with Crippen LogP contribution < -0.4 is 16.3 Å². The minimum atomic E-state index is -1.11. The average molecular weight is 368 g/mol. The smallest absolute Gasteiger partial charge is 0.348 e. The van der Waals surface area contributed by atoms with E-state index < -0.39 is 23.5 Å². The number of hydrogen-bond donors (Lipinski definition) is 3. The lowest BCUT2D eigenvalue weighted by atomic mass is 10.1. The van der Waals surface area contributed by atoms with Crippen LogP contribution in [0.25, 0.3) is 10.9 Å². The summed E-state index contributed by atoms with van der Waals surface area (Å²) in [6.45, 7) is 3.05. The quantitative estimate of drug-likeness (QED) is 0.623. The minimum absolute atomic E-state index is 0.188. The Labute approximate surface area is 153 Å². The van der Waals surface area contributed by atoms with Crippen LogP contribution in [0.1, 0.15) is 23.0 Å². The number of benzene rings is 1. The SMILES string of the molecule is Cc1c(NC(=O)c2ccccn2)ccc2nc(N[C@@H](C)C(=O)O)oc(=O)c12. The van der Waals surface area contributed by atoms with Crippen LogP contribution in [0.2, 0.25) is 0 Å². The van der Waals surface area contributed by atoms with Gasteiger partial charge in [0.05, 0.1) is 10.9 Å². The van der Waals surface area contributed by atoms with Crippen molar-refractivity contribution in [1.82, 2.24) is 9.97 Å². The number of aliphatic carboxylic acids is 1. The molecule has 1 aromatic carbocycles. The van der Waals surface area contributed by atoms with Gasteiger partial charge in [-0.25, -0.2) is 4.79 Å². The van der Waals surface area contributed by atoms with E-state index in [1.165, 1.54) is 13.1 Å². The molecule has 27 heavy (non-hydrogen) atoms. The van der Waals surface area contributed by atoms with Crippen LogP contribution in [0.5, 0.6) is 0 Å². The maximum Gasteiger partial charge on any atom is 0.348 e. The van der Waals surface area contributed by atoms with Gasteiger partial charge < -0.3 is 20.2 Å². The van der Waals surface area contributed by atoms with E-state index in [1.54, 1.807) is 37.3 Å². The Kier molecular flexibility index (Phi) is 4.84. The Morgan fingerprint density at radius 1 is 1.22 bits per heavy atom. The van der Waals surface area contributed by atoms with E-state index in [0.29, 0.717) is 16.8 Å². The number of carboxylic acid groups (broad SMARTS) is 1. The number of carbonyl (C=O) groups excluding carboxylic acids is 1. The van der Waals surface area contributed by atoms with Gasteiger partial charge in [0, 0.05) is 11.9 Å². The van der Waals surface area contributed by atoms with E-state index in [4.69, 9.17) is 9.52 Å². The molecule has 0 bridgehead atoms. The fourth-order valence-corrected chi connectivity index (χ4v) is 2.45. The Morgan fingerprint density at radius 2 is 2.00 bits per heavy atom. The van der Waals surface area contributed by atoms with Crippen LogP contribution in [0, 0.1) is 6.92 Å². The number of aryl methyl sites for hydroxylation is 1. The molecule has 9 heteroatoms. The van der Waals surface area contributed by atoms with Crippen molar-refractivity contribution in [3.63, 3.8) is 0 Å². The molecule has 3 rings (SSSR count). The van der Waals surface area contributed by atoms with Crippen LogP contribution in [-0.4, -0.2) is 33.0 Å². The van der Waals surface area contributed by atoms with E-state index in [2.05, 4.69) is 20.6 Å². The van der Waals surface area contributed by atoms with E-state index in [-0.39, 0.29) is 17.1 Å². The molecule has 0 aliphatic carbocycles. The molecule has 1 amide bonds. The zero-order chi connectivity index (χ0) is 19.6. The molecule has 2 aromatic heterocycles. The van der Waals surface area contributed by atoms with Crippen LogP contribution in [-0.2, 0) is 4.79 Å². The topological polar surface area (TPSA) is 134 Å². The molecular formula is C18H16N4O5. The number of nitrogens with one attached hydrogen (secondary N) is 2. The summed E-state index contributed by atoms with van der Waals surface area (Å²) in [6.07, 6.45) is 1.51. The summed E-state index contributed by atoms with van der Waals surface area (Å²) in [7, 11) is 0.